The van der Waals surface area contributed by atoms with E-state index in [4.69, 9.17) is 9.47 Å². The summed E-state index contributed by atoms with van der Waals surface area (Å²) in [6.07, 6.45) is 2.79. The predicted molar refractivity (Wildman–Crippen MR) is 86.8 cm³/mol. The lowest BCUT2D eigenvalue weighted by Crippen LogP contribution is -2.49. The fourth-order valence-corrected chi connectivity index (χ4v) is 3.61. The first-order valence-corrected chi connectivity index (χ1v) is 8.08. The lowest BCUT2D eigenvalue weighted by molar-refractivity contribution is -0.265. The molecule has 23 heavy (non-hydrogen) atoms. The van der Waals surface area contributed by atoms with Gasteiger partial charge in [0.05, 0.1) is 25.3 Å². The first kappa shape index (κ1) is 14.9. The number of carbonyl (C=O) groups excluding carboxylic acids is 1. The van der Waals surface area contributed by atoms with Crippen molar-refractivity contribution in [1.29, 1.82) is 0 Å². The molecule has 2 aliphatic rings. The van der Waals surface area contributed by atoms with Gasteiger partial charge in [-0.15, -0.1) is 0 Å². The Kier molecular flexibility index (Phi) is 3.52. The zero-order valence-corrected chi connectivity index (χ0v) is 13.4. The molecule has 1 aromatic heterocycles. The van der Waals surface area contributed by atoms with E-state index >= 15 is 0 Å². The average Bonchev–Trinajstić information content (AvgIpc) is 2.93. The van der Waals surface area contributed by atoms with Gasteiger partial charge in [0, 0.05) is 22.5 Å². The van der Waals surface area contributed by atoms with Crippen molar-refractivity contribution >= 4 is 17.2 Å². The van der Waals surface area contributed by atoms with Crippen molar-refractivity contribution in [3.8, 4) is 0 Å². The Balaban J connectivity index is 1.72. The molecule has 0 aliphatic carbocycles. The summed E-state index contributed by atoms with van der Waals surface area (Å²) in [6, 6.07) is 7.94. The van der Waals surface area contributed by atoms with Gasteiger partial charge in [-0.2, -0.15) is 0 Å². The van der Waals surface area contributed by atoms with Crippen LogP contribution in [0.4, 0.5) is 0 Å². The normalized spacial score (nSPS) is 27.7. The summed E-state index contributed by atoms with van der Waals surface area (Å²) in [5.74, 6) is -0.379. The highest BCUT2D eigenvalue weighted by Crippen LogP contribution is 2.37. The molecule has 0 bridgehead atoms. The minimum Gasteiger partial charge on any atom is -0.357 e. The summed E-state index contributed by atoms with van der Waals surface area (Å²) in [6.45, 7) is 5.05. The summed E-state index contributed by atoms with van der Waals surface area (Å²) in [5, 5.41) is 4.59. The van der Waals surface area contributed by atoms with Crippen LogP contribution in [-0.2, 0) is 20.7 Å². The molecule has 4 rings (SSSR count). The maximum Gasteiger partial charge on any atom is 0.217 e. The Labute approximate surface area is 135 Å². The van der Waals surface area contributed by atoms with Gasteiger partial charge in [0.2, 0.25) is 6.29 Å². The van der Waals surface area contributed by atoms with Crippen LogP contribution in [0.5, 0.6) is 0 Å². The van der Waals surface area contributed by atoms with Crippen molar-refractivity contribution in [1.82, 2.24) is 10.3 Å². The van der Waals surface area contributed by atoms with Crippen molar-refractivity contribution < 1.29 is 14.3 Å². The van der Waals surface area contributed by atoms with E-state index < -0.39 is 5.79 Å². The van der Waals surface area contributed by atoms with Gasteiger partial charge < -0.3 is 14.5 Å². The second kappa shape index (κ2) is 5.44. The number of para-hydroxylation sites is 1. The Hall–Kier alpha value is -1.69. The molecule has 1 fully saturated rings. The van der Waals surface area contributed by atoms with Gasteiger partial charge >= 0.3 is 0 Å². The monoisotopic (exact) mass is 313 g/mol. The maximum atomic E-state index is 11.3. The van der Waals surface area contributed by atoms with Crippen molar-refractivity contribution in [2.45, 2.75) is 38.1 Å². The number of ether oxygens (including phenoxy) is 2. The number of rotatable bonds is 2. The molecule has 0 saturated carbocycles. The number of hydrogen-bond acceptors (Lipinski definition) is 4. The molecule has 2 N–H and O–H groups in total. The largest absolute Gasteiger partial charge is 0.357 e. The number of aromatic amines is 1. The number of nitrogens with one attached hydrogen (secondary N) is 2. The molecule has 2 atom stereocenters. The van der Waals surface area contributed by atoms with Gasteiger partial charge in [-0.3, -0.25) is 10.1 Å². The van der Waals surface area contributed by atoms with Crippen LogP contribution >= 0.6 is 0 Å². The van der Waals surface area contributed by atoms with E-state index in [0.717, 1.165) is 11.2 Å². The van der Waals surface area contributed by atoms with Crippen LogP contribution in [0.2, 0.25) is 0 Å². The first-order valence-electron chi connectivity index (χ1n) is 8.08. The molecule has 2 aromatic rings. The second-order valence-electron chi connectivity index (χ2n) is 6.86. The molecule has 0 spiro atoms. The van der Waals surface area contributed by atoms with Crippen molar-refractivity contribution in [3.05, 3.63) is 35.5 Å². The Morgan fingerprint density at radius 2 is 1.96 bits per heavy atom. The fourth-order valence-electron chi connectivity index (χ4n) is 3.61. The Morgan fingerprint density at radius 1 is 1.22 bits per heavy atom. The molecule has 5 nitrogen and oxygen atoms in total. The summed E-state index contributed by atoms with van der Waals surface area (Å²) in [4.78, 5) is 14.8. The van der Waals surface area contributed by atoms with Crippen molar-refractivity contribution in [3.63, 3.8) is 0 Å². The second-order valence-corrected chi connectivity index (χ2v) is 6.86. The third-order valence-electron chi connectivity index (χ3n) is 4.85. The fraction of sp³-hybridized carbons (Fsp3) is 0.500. The van der Waals surface area contributed by atoms with Crippen LogP contribution in [0.25, 0.3) is 10.9 Å². The zero-order valence-electron chi connectivity index (χ0n) is 13.4. The van der Waals surface area contributed by atoms with Crippen molar-refractivity contribution in [2.75, 3.05) is 13.2 Å². The number of benzene rings is 1. The number of hydrogen-bond donors (Lipinski definition) is 2. The molecular weight excluding hydrogens is 292 g/mol. The molecule has 2 aliphatic heterocycles. The van der Waals surface area contributed by atoms with Gasteiger partial charge in [-0.05, 0) is 31.9 Å². The van der Waals surface area contributed by atoms with Gasteiger partial charge in [-0.1, -0.05) is 18.2 Å². The number of fused-ring (bicyclic) bond motifs is 3. The predicted octanol–water partition coefficient (Wildman–Crippen LogP) is 2.23. The quantitative estimate of drug-likeness (QED) is 0.892. The van der Waals surface area contributed by atoms with Gasteiger partial charge in [0.15, 0.2) is 5.79 Å². The molecule has 121 valence electrons. The SMILES string of the molecule is CC1(C)OCC(C2N[C@H]([C]=O)Cc3c2[nH]c2ccccc32)CO1. The molecule has 1 saturated heterocycles. The van der Waals surface area contributed by atoms with E-state index in [0.29, 0.717) is 19.6 Å². The highest BCUT2D eigenvalue weighted by atomic mass is 16.7. The van der Waals surface area contributed by atoms with E-state index in [1.807, 2.05) is 26.0 Å². The zero-order chi connectivity index (χ0) is 16.0. The molecule has 1 radical (unpaired) electrons. The minimum absolute atomic E-state index is 0.00806. The smallest absolute Gasteiger partial charge is 0.217 e. The Morgan fingerprint density at radius 3 is 2.70 bits per heavy atom. The summed E-state index contributed by atoms with van der Waals surface area (Å²) >= 11 is 0. The third kappa shape index (κ3) is 2.59. The highest BCUT2D eigenvalue weighted by molar-refractivity contribution is 5.85. The van der Waals surface area contributed by atoms with Crippen LogP contribution in [0, 0.1) is 5.92 Å². The topological polar surface area (TPSA) is 63.3 Å². The lowest BCUT2D eigenvalue weighted by atomic mass is 9.87. The van der Waals surface area contributed by atoms with Crippen LogP contribution < -0.4 is 5.32 Å². The van der Waals surface area contributed by atoms with Crippen LogP contribution in [0.3, 0.4) is 0 Å². The summed E-state index contributed by atoms with van der Waals surface area (Å²) in [7, 11) is 0. The van der Waals surface area contributed by atoms with Crippen LogP contribution in [0.15, 0.2) is 24.3 Å². The minimum atomic E-state index is -0.537. The van der Waals surface area contributed by atoms with E-state index in [1.54, 1.807) is 0 Å². The van der Waals surface area contributed by atoms with Crippen LogP contribution in [0.1, 0.15) is 31.1 Å². The average molecular weight is 313 g/mol. The van der Waals surface area contributed by atoms with Gasteiger partial charge in [0.1, 0.15) is 0 Å². The molecule has 5 heteroatoms. The lowest BCUT2D eigenvalue weighted by Gasteiger charge is -2.40. The molecular formula is C18H21N2O3. The molecule has 3 heterocycles. The molecule has 1 unspecified atom stereocenters. The van der Waals surface area contributed by atoms with E-state index in [-0.39, 0.29) is 18.0 Å². The summed E-state index contributed by atoms with van der Waals surface area (Å²) < 4.78 is 11.6. The van der Waals surface area contributed by atoms with E-state index in [2.05, 4.69) is 28.7 Å². The molecule has 0 amide bonds. The third-order valence-corrected chi connectivity index (χ3v) is 4.85. The highest BCUT2D eigenvalue weighted by Gasteiger charge is 2.38. The van der Waals surface area contributed by atoms with E-state index in [1.165, 1.54) is 10.9 Å². The van der Waals surface area contributed by atoms with Gasteiger partial charge in [0.25, 0.3) is 0 Å². The number of aromatic nitrogens is 1. The van der Waals surface area contributed by atoms with E-state index in [9.17, 15) is 4.79 Å². The maximum absolute atomic E-state index is 11.3. The van der Waals surface area contributed by atoms with Gasteiger partial charge in [-0.25, -0.2) is 0 Å². The standard InChI is InChI=1S/C18H21N2O3/c1-18(2)22-9-11(10-23-18)16-17-14(7-12(8-21)19-16)13-5-3-4-6-15(13)20-17/h3-6,11-12,16,19-20H,7,9-10H2,1-2H3/t12-,16?/m0/s1. The first-order chi connectivity index (χ1) is 11.1. The van der Waals surface area contributed by atoms with Crippen LogP contribution in [-0.4, -0.2) is 36.3 Å². The Bertz CT molecular complexity index is 727. The van der Waals surface area contributed by atoms with Crippen molar-refractivity contribution in [2.24, 2.45) is 5.92 Å². The summed E-state index contributed by atoms with van der Waals surface area (Å²) in [5.41, 5.74) is 3.46. The molecule has 1 aromatic carbocycles. The number of H-pyrrole nitrogens is 1.